The molecule has 4 aromatic rings. The lowest BCUT2D eigenvalue weighted by Gasteiger charge is -2.38. The first-order valence-corrected chi connectivity index (χ1v) is 10.7. The van der Waals surface area contributed by atoms with Crippen molar-refractivity contribution in [2.24, 2.45) is 0 Å². The minimum absolute atomic E-state index is 0.0438. The van der Waals surface area contributed by atoms with Crippen LogP contribution in [-0.4, -0.2) is 34.3 Å². The first kappa shape index (κ1) is 21.2. The van der Waals surface area contributed by atoms with E-state index < -0.39 is 17.6 Å². The fourth-order valence-electron chi connectivity index (χ4n) is 4.31. The van der Waals surface area contributed by atoms with Gasteiger partial charge in [0.2, 0.25) is 5.95 Å². The molecule has 176 valence electrons. The molecule has 35 heavy (non-hydrogen) atoms. The molecule has 1 atom stereocenters. The van der Waals surface area contributed by atoms with E-state index in [-0.39, 0.29) is 23.4 Å². The zero-order valence-electron chi connectivity index (χ0n) is 18.1. The summed E-state index contributed by atoms with van der Waals surface area (Å²) >= 11 is 0. The molecule has 0 saturated carbocycles. The predicted molar refractivity (Wildman–Crippen MR) is 117 cm³/mol. The van der Waals surface area contributed by atoms with Gasteiger partial charge in [-0.3, -0.25) is 9.13 Å². The van der Waals surface area contributed by atoms with Crippen LogP contribution >= 0.6 is 0 Å². The average molecular weight is 480 g/mol. The van der Waals surface area contributed by atoms with Crippen molar-refractivity contribution >= 4 is 5.82 Å². The smallest absolute Gasteiger partial charge is 0.314 e. The van der Waals surface area contributed by atoms with E-state index in [9.17, 15) is 17.6 Å². The highest BCUT2D eigenvalue weighted by Gasteiger charge is 2.36. The van der Waals surface area contributed by atoms with Gasteiger partial charge in [0.25, 0.3) is 0 Å². The van der Waals surface area contributed by atoms with E-state index in [1.807, 2.05) is 34.6 Å². The molecule has 0 saturated heterocycles. The summed E-state index contributed by atoms with van der Waals surface area (Å²) in [6.45, 7) is 2.03. The van der Waals surface area contributed by atoms with Crippen LogP contribution in [-0.2, 0) is 6.18 Å². The number of hydrogen-bond acceptors (Lipinski definition) is 6. The van der Waals surface area contributed by atoms with Gasteiger partial charge in [0, 0.05) is 23.7 Å². The van der Waals surface area contributed by atoms with Crippen molar-refractivity contribution in [2.45, 2.75) is 25.6 Å². The van der Waals surface area contributed by atoms with Crippen molar-refractivity contribution in [3.8, 4) is 23.0 Å². The molecule has 0 spiro atoms. The Bertz CT molecular complexity index is 1510. The molecule has 12 heteroatoms. The zero-order chi connectivity index (χ0) is 24.3. The van der Waals surface area contributed by atoms with Crippen LogP contribution in [0.25, 0.3) is 23.0 Å². The molecule has 1 aromatic carbocycles. The van der Waals surface area contributed by atoms with Gasteiger partial charge in [-0.05, 0) is 36.8 Å². The van der Waals surface area contributed by atoms with E-state index in [0.717, 1.165) is 30.1 Å². The van der Waals surface area contributed by atoms with Crippen molar-refractivity contribution in [1.82, 2.24) is 34.3 Å². The highest BCUT2D eigenvalue weighted by molar-refractivity contribution is 5.69. The quantitative estimate of drug-likeness (QED) is 0.391. The molecular weight excluding hydrogens is 464 g/mol. The van der Waals surface area contributed by atoms with Crippen molar-refractivity contribution in [3.63, 3.8) is 0 Å². The number of hydrogen-bond donors (Lipinski definition) is 0. The standard InChI is InChI=1S/C23H16F4N8/c1-2-17-21-32-30-12-34(21)18-11-29-22(31-20(18)35(17)16-4-3-5-16)33-7-6-28-19(33)13-8-14(23(25,26)27)10-15(24)9-13/h3-12,17H,2H2,1H3. The number of halogens is 4. The minimum atomic E-state index is -4.70. The maximum absolute atomic E-state index is 14.1. The Morgan fingerprint density at radius 3 is 2.63 bits per heavy atom. The first-order valence-electron chi connectivity index (χ1n) is 10.7. The molecular formula is C23H16F4N8. The van der Waals surface area contributed by atoms with Crippen LogP contribution in [0.15, 0.2) is 67.0 Å². The predicted octanol–water partition coefficient (Wildman–Crippen LogP) is 4.79. The number of anilines is 1. The number of imidazole rings is 1. The first-order chi connectivity index (χ1) is 16.8. The summed E-state index contributed by atoms with van der Waals surface area (Å²) in [6, 6.07) is 2.17. The normalized spacial score (nSPS) is 16.5. The van der Waals surface area contributed by atoms with E-state index in [1.54, 1.807) is 12.5 Å². The van der Waals surface area contributed by atoms with Crippen LogP contribution in [0.4, 0.5) is 23.4 Å². The van der Waals surface area contributed by atoms with E-state index in [4.69, 9.17) is 4.98 Å². The fraction of sp³-hybridized carbons (Fsp3) is 0.174. The van der Waals surface area contributed by atoms with E-state index >= 15 is 0 Å². The molecule has 0 bridgehead atoms. The van der Waals surface area contributed by atoms with Crippen molar-refractivity contribution in [3.05, 3.63) is 84.2 Å². The largest absolute Gasteiger partial charge is 0.416 e. The molecule has 0 amide bonds. The van der Waals surface area contributed by atoms with Gasteiger partial charge >= 0.3 is 6.18 Å². The molecule has 8 nitrogen and oxygen atoms in total. The van der Waals surface area contributed by atoms with E-state index in [0.29, 0.717) is 17.6 Å². The number of alkyl halides is 3. The van der Waals surface area contributed by atoms with Crippen molar-refractivity contribution < 1.29 is 17.6 Å². The third kappa shape index (κ3) is 3.32. The molecule has 1 aliphatic carbocycles. The lowest BCUT2D eigenvalue weighted by molar-refractivity contribution is -0.137. The molecule has 4 heterocycles. The topological polar surface area (TPSA) is 77.5 Å². The minimum Gasteiger partial charge on any atom is -0.314 e. The van der Waals surface area contributed by atoms with Gasteiger partial charge in [-0.2, -0.15) is 18.2 Å². The summed E-state index contributed by atoms with van der Waals surface area (Å²) in [5.74, 6) is 0.572. The Hall–Kier alpha value is -4.35. The van der Waals surface area contributed by atoms with Gasteiger partial charge in [0.15, 0.2) is 11.6 Å². The summed E-state index contributed by atoms with van der Waals surface area (Å²) in [6.07, 6.45) is 7.96. The van der Waals surface area contributed by atoms with E-state index in [1.165, 1.54) is 17.0 Å². The maximum atomic E-state index is 14.1. The Morgan fingerprint density at radius 2 is 1.91 bits per heavy atom. The summed E-state index contributed by atoms with van der Waals surface area (Å²) in [7, 11) is 0. The van der Waals surface area contributed by atoms with Gasteiger partial charge in [-0.25, -0.2) is 14.4 Å². The summed E-state index contributed by atoms with van der Waals surface area (Å²) in [5, 5.41) is 8.33. The summed E-state index contributed by atoms with van der Waals surface area (Å²) in [5.41, 5.74) is 0.445. The molecule has 1 aliphatic heterocycles. The second kappa shape index (κ2) is 7.58. The highest BCUT2D eigenvalue weighted by atomic mass is 19.4. The molecule has 3 aromatic heterocycles. The number of benzene rings is 1. The van der Waals surface area contributed by atoms with Crippen molar-refractivity contribution in [2.75, 3.05) is 4.90 Å². The SMILES string of the molecule is CCC1c2nncn2-c2cnc(-n3ccnc3-c3cc(F)cc(C(F)(F)F)c3)nc2N1C1=CC=C1. The lowest BCUT2D eigenvalue weighted by Crippen LogP contribution is -2.35. The number of nitrogens with zero attached hydrogens (tertiary/aromatic N) is 8. The van der Waals surface area contributed by atoms with Crippen LogP contribution in [0.5, 0.6) is 0 Å². The van der Waals surface area contributed by atoms with Crippen LogP contribution < -0.4 is 4.90 Å². The Kier molecular flexibility index (Phi) is 4.59. The highest BCUT2D eigenvalue weighted by Crippen LogP contribution is 2.42. The Morgan fingerprint density at radius 1 is 1.09 bits per heavy atom. The number of fused-ring (bicyclic) bond motifs is 3. The molecule has 0 fully saturated rings. The molecule has 0 N–H and O–H groups in total. The number of aromatic nitrogens is 7. The zero-order valence-corrected chi connectivity index (χ0v) is 18.1. The van der Waals surface area contributed by atoms with Crippen LogP contribution in [0.3, 0.4) is 0 Å². The molecule has 1 unspecified atom stereocenters. The molecule has 0 radical (unpaired) electrons. The maximum Gasteiger partial charge on any atom is 0.416 e. The monoisotopic (exact) mass is 480 g/mol. The van der Waals surface area contributed by atoms with Crippen LogP contribution in [0.2, 0.25) is 0 Å². The Labute approximate surface area is 195 Å². The fourth-order valence-corrected chi connectivity index (χ4v) is 4.31. The van der Waals surface area contributed by atoms with Gasteiger partial charge in [-0.1, -0.05) is 13.0 Å². The summed E-state index contributed by atoms with van der Waals surface area (Å²) < 4.78 is 57.2. The van der Waals surface area contributed by atoms with Crippen LogP contribution in [0.1, 0.15) is 30.8 Å². The summed E-state index contributed by atoms with van der Waals surface area (Å²) in [4.78, 5) is 15.4. The molecule has 6 rings (SSSR count). The van der Waals surface area contributed by atoms with Crippen molar-refractivity contribution in [1.29, 1.82) is 0 Å². The van der Waals surface area contributed by atoms with Crippen LogP contribution in [0, 0.1) is 5.82 Å². The van der Waals surface area contributed by atoms with Gasteiger partial charge in [0.05, 0.1) is 17.8 Å². The third-order valence-corrected chi connectivity index (χ3v) is 5.95. The van der Waals surface area contributed by atoms with Gasteiger partial charge in [0.1, 0.15) is 23.7 Å². The third-order valence-electron chi connectivity index (χ3n) is 5.95. The average Bonchev–Trinajstić information content (AvgIpc) is 3.47. The van der Waals surface area contributed by atoms with Gasteiger partial charge < -0.3 is 4.90 Å². The van der Waals surface area contributed by atoms with Gasteiger partial charge in [-0.15, -0.1) is 10.2 Å². The second-order valence-corrected chi connectivity index (χ2v) is 8.03. The second-order valence-electron chi connectivity index (χ2n) is 8.03. The lowest BCUT2D eigenvalue weighted by atomic mass is 10.1. The Balaban J connectivity index is 1.50. The number of rotatable bonds is 4. The molecule has 2 aliphatic rings. The van der Waals surface area contributed by atoms with E-state index in [2.05, 4.69) is 20.2 Å². The number of allylic oxidation sites excluding steroid dienone is 3.